The third-order valence-corrected chi connectivity index (χ3v) is 6.29. The number of rotatable bonds is 8. The summed E-state index contributed by atoms with van der Waals surface area (Å²) in [7, 11) is 0. The first-order valence-corrected chi connectivity index (χ1v) is 11.2. The molecule has 2 aromatic rings. The summed E-state index contributed by atoms with van der Waals surface area (Å²) in [4.78, 5) is 26.0. The molecule has 0 aromatic heterocycles. The molecular formula is C24H30ClN5O2. The quantitative estimate of drug-likeness (QED) is 0.309. The van der Waals surface area contributed by atoms with Gasteiger partial charge in [0.2, 0.25) is 5.91 Å². The van der Waals surface area contributed by atoms with Crippen molar-refractivity contribution in [1.82, 2.24) is 10.6 Å². The minimum atomic E-state index is -0.874. The van der Waals surface area contributed by atoms with Crippen molar-refractivity contribution in [1.29, 1.82) is 5.41 Å². The molecule has 0 saturated heterocycles. The van der Waals surface area contributed by atoms with Gasteiger partial charge in [-0.3, -0.25) is 15.0 Å². The zero-order valence-electron chi connectivity index (χ0n) is 17.9. The van der Waals surface area contributed by atoms with Crippen molar-refractivity contribution < 1.29 is 9.59 Å². The number of nitrogen functional groups attached to an aromatic ring is 1. The Balaban J connectivity index is 1.71. The highest BCUT2D eigenvalue weighted by molar-refractivity contribution is 6.30. The van der Waals surface area contributed by atoms with Gasteiger partial charge in [-0.15, -0.1) is 0 Å². The summed E-state index contributed by atoms with van der Waals surface area (Å²) in [6.45, 7) is 1.28. The Hall–Kier alpha value is -2.90. The lowest BCUT2D eigenvalue weighted by Gasteiger charge is -2.28. The smallest absolute Gasteiger partial charge is 0.252 e. The molecule has 1 aliphatic rings. The summed E-state index contributed by atoms with van der Waals surface area (Å²) in [6.07, 6.45) is 4.25. The summed E-state index contributed by atoms with van der Waals surface area (Å²) in [5, 5.41) is 14.0. The van der Waals surface area contributed by atoms with Crippen LogP contribution in [0.15, 0.2) is 48.5 Å². The fourth-order valence-electron chi connectivity index (χ4n) is 4.02. The topological polar surface area (TPSA) is 134 Å². The fourth-order valence-corrected chi connectivity index (χ4v) is 4.14. The molecule has 1 saturated carbocycles. The Labute approximate surface area is 193 Å². The summed E-state index contributed by atoms with van der Waals surface area (Å²) in [6, 6.07) is 12.4. The molecule has 170 valence electrons. The SMILES string of the molecule is N=C(N)c1cccc(C(=O)NC(C(=O)NCC2CCC(CN)CC2)c2ccc(Cl)cc2)c1. The van der Waals surface area contributed by atoms with Crippen molar-refractivity contribution >= 4 is 29.3 Å². The Morgan fingerprint density at radius 3 is 2.28 bits per heavy atom. The van der Waals surface area contributed by atoms with Gasteiger partial charge >= 0.3 is 0 Å². The van der Waals surface area contributed by atoms with Crippen LogP contribution in [-0.2, 0) is 4.79 Å². The first-order valence-electron chi connectivity index (χ1n) is 10.9. The fraction of sp³-hybridized carbons (Fsp3) is 0.375. The second-order valence-electron chi connectivity index (χ2n) is 8.32. The van der Waals surface area contributed by atoms with Crippen molar-refractivity contribution in [3.05, 3.63) is 70.2 Å². The van der Waals surface area contributed by atoms with Crippen LogP contribution < -0.4 is 22.1 Å². The Kier molecular flexibility index (Phi) is 8.25. The van der Waals surface area contributed by atoms with Gasteiger partial charge in [-0.25, -0.2) is 0 Å². The molecule has 2 aromatic carbocycles. The largest absolute Gasteiger partial charge is 0.384 e. The van der Waals surface area contributed by atoms with E-state index in [2.05, 4.69) is 10.6 Å². The maximum absolute atomic E-state index is 13.1. The molecule has 7 nitrogen and oxygen atoms in total. The van der Waals surface area contributed by atoms with Gasteiger partial charge < -0.3 is 22.1 Å². The molecule has 0 heterocycles. The average molecular weight is 456 g/mol. The predicted octanol–water partition coefficient (Wildman–Crippen LogP) is 2.98. The number of hydrogen-bond donors (Lipinski definition) is 5. The molecule has 0 aliphatic heterocycles. The van der Waals surface area contributed by atoms with Gasteiger partial charge in [0, 0.05) is 22.7 Å². The van der Waals surface area contributed by atoms with E-state index in [4.69, 9.17) is 28.5 Å². The Bertz CT molecular complexity index is 955. The van der Waals surface area contributed by atoms with Gasteiger partial charge in [-0.1, -0.05) is 35.9 Å². The van der Waals surface area contributed by atoms with Crippen molar-refractivity contribution in [2.24, 2.45) is 23.3 Å². The standard InChI is InChI=1S/C24H30ClN5O2/c25-20-10-8-17(9-11-20)21(24(32)29-14-16-6-4-15(13-26)5-7-16)30-23(31)19-3-1-2-18(12-19)22(27)28/h1-3,8-12,15-16,21H,4-7,13-14,26H2,(H3,27,28)(H,29,32)(H,30,31). The number of benzene rings is 2. The second-order valence-corrected chi connectivity index (χ2v) is 8.76. The van der Waals surface area contributed by atoms with Gasteiger partial charge in [-0.2, -0.15) is 0 Å². The van der Waals surface area contributed by atoms with Crippen LogP contribution >= 0.6 is 11.6 Å². The lowest BCUT2D eigenvalue weighted by molar-refractivity contribution is -0.123. The molecule has 1 unspecified atom stereocenters. The van der Waals surface area contributed by atoms with Gasteiger partial charge in [-0.05, 0) is 73.9 Å². The van der Waals surface area contributed by atoms with Crippen molar-refractivity contribution in [3.63, 3.8) is 0 Å². The highest BCUT2D eigenvalue weighted by atomic mass is 35.5. The van der Waals surface area contributed by atoms with Crippen LogP contribution in [0.3, 0.4) is 0 Å². The lowest BCUT2D eigenvalue weighted by atomic mass is 9.82. The molecule has 1 fully saturated rings. The van der Waals surface area contributed by atoms with E-state index in [1.807, 2.05) is 0 Å². The van der Waals surface area contributed by atoms with E-state index < -0.39 is 11.9 Å². The van der Waals surface area contributed by atoms with Gasteiger partial charge in [0.15, 0.2) is 0 Å². The van der Waals surface area contributed by atoms with Crippen LogP contribution in [-0.4, -0.2) is 30.7 Å². The molecule has 1 aliphatic carbocycles. The van der Waals surface area contributed by atoms with Crippen LogP contribution in [0, 0.1) is 17.2 Å². The molecule has 1 atom stereocenters. The molecule has 0 spiro atoms. The Morgan fingerprint density at radius 1 is 1.03 bits per heavy atom. The molecule has 3 rings (SSSR count). The highest BCUT2D eigenvalue weighted by Gasteiger charge is 2.26. The molecule has 0 radical (unpaired) electrons. The van der Waals surface area contributed by atoms with Crippen molar-refractivity contribution in [2.45, 2.75) is 31.7 Å². The van der Waals surface area contributed by atoms with Crippen LogP contribution in [0.4, 0.5) is 0 Å². The number of hydrogen-bond acceptors (Lipinski definition) is 4. The number of amidine groups is 1. The Morgan fingerprint density at radius 2 is 1.66 bits per heavy atom. The van der Waals surface area contributed by atoms with Crippen molar-refractivity contribution in [3.8, 4) is 0 Å². The summed E-state index contributed by atoms with van der Waals surface area (Å²) < 4.78 is 0. The van der Waals surface area contributed by atoms with Gasteiger partial charge in [0.05, 0.1) is 0 Å². The van der Waals surface area contributed by atoms with E-state index in [9.17, 15) is 9.59 Å². The molecule has 32 heavy (non-hydrogen) atoms. The number of halogens is 1. The van der Waals surface area contributed by atoms with E-state index in [-0.39, 0.29) is 11.7 Å². The lowest BCUT2D eigenvalue weighted by Crippen LogP contribution is -2.42. The number of amides is 2. The van der Waals surface area contributed by atoms with Crippen molar-refractivity contribution in [2.75, 3.05) is 13.1 Å². The monoisotopic (exact) mass is 455 g/mol. The van der Waals surface area contributed by atoms with E-state index in [0.29, 0.717) is 46.6 Å². The van der Waals surface area contributed by atoms with E-state index >= 15 is 0 Å². The minimum Gasteiger partial charge on any atom is -0.384 e. The van der Waals surface area contributed by atoms with Crippen LogP contribution in [0.25, 0.3) is 0 Å². The van der Waals surface area contributed by atoms with Crippen LogP contribution in [0.2, 0.25) is 5.02 Å². The molecule has 7 N–H and O–H groups in total. The summed E-state index contributed by atoms with van der Waals surface area (Å²) >= 11 is 6.00. The number of nitrogens with two attached hydrogens (primary N) is 2. The average Bonchev–Trinajstić information content (AvgIpc) is 2.82. The maximum atomic E-state index is 13.1. The molecule has 0 bridgehead atoms. The van der Waals surface area contributed by atoms with Crippen LogP contribution in [0.1, 0.15) is 53.2 Å². The number of nitrogens with one attached hydrogen (secondary N) is 3. The van der Waals surface area contributed by atoms with E-state index in [1.165, 1.54) is 6.07 Å². The van der Waals surface area contributed by atoms with E-state index in [1.54, 1.807) is 42.5 Å². The number of carbonyl (C=O) groups is 2. The van der Waals surface area contributed by atoms with Gasteiger partial charge in [0.25, 0.3) is 5.91 Å². The molecule has 8 heteroatoms. The molecule has 2 amide bonds. The predicted molar refractivity (Wildman–Crippen MR) is 127 cm³/mol. The second kappa shape index (κ2) is 11.1. The third-order valence-electron chi connectivity index (χ3n) is 6.04. The van der Waals surface area contributed by atoms with Gasteiger partial charge in [0.1, 0.15) is 11.9 Å². The maximum Gasteiger partial charge on any atom is 0.252 e. The molecular weight excluding hydrogens is 426 g/mol. The first-order chi connectivity index (χ1) is 15.4. The third kappa shape index (κ3) is 6.31. The zero-order chi connectivity index (χ0) is 23.1. The highest BCUT2D eigenvalue weighted by Crippen LogP contribution is 2.27. The summed E-state index contributed by atoms with van der Waals surface area (Å²) in [5.74, 6) is 0.163. The summed E-state index contributed by atoms with van der Waals surface area (Å²) in [5.41, 5.74) is 12.7. The zero-order valence-corrected chi connectivity index (χ0v) is 18.7. The van der Waals surface area contributed by atoms with E-state index in [0.717, 1.165) is 25.7 Å². The normalized spacial score (nSPS) is 19.1. The number of carbonyl (C=O) groups excluding carboxylic acids is 2. The minimum absolute atomic E-state index is 0.129. The van der Waals surface area contributed by atoms with Crippen LogP contribution in [0.5, 0.6) is 0 Å². The first kappa shape index (κ1) is 23.8.